The van der Waals surface area contributed by atoms with E-state index >= 15 is 0 Å². The first kappa shape index (κ1) is 19.1. The van der Waals surface area contributed by atoms with Crippen LogP contribution in [0.1, 0.15) is 18.1 Å². The second-order valence-corrected chi connectivity index (χ2v) is 6.74. The summed E-state index contributed by atoms with van der Waals surface area (Å²) in [6, 6.07) is 11.3. The van der Waals surface area contributed by atoms with Crippen molar-refractivity contribution in [1.29, 1.82) is 0 Å². The van der Waals surface area contributed by atoms with Crippen LogP contribution in [0.15, 0.2) is 40.9 Å². The summed E-state index contributed by atoms with van der Waals surface area (Å²) >= 11 is 9.47. The standard InChI is InChI=1S/C18H21BrClNO3/c1-12(22)9-21-10-15-16(19)7-8-17(23-2)18(15)24-11-13-3-5-14(20)6-4-13/h3-8,12,21-22H,9-11H2,1-2H3. The molecule has 2 rings (SSSR count). The Hall–Kier alpha value is -1.27. The lowest BCUT2D eigenvalue weighted by Crippen LogP contribution is -2.24. The van der Waals surface area contributed by atoms with Crippen LogP contribution in [0.25, 0.3) is 0 Å². The molecule has 0 heterocycles. The van der Waals surface area contributed by atoms with E-state index in [0.29, 0.717) is 36.2 Å². The number of aliphatic hydroxyl groups excluding tert-OH is 1. The second-order valence-electron chi connectivity index (χ2n) is 5.45. The van der Waals surface area contributed by atoms with Crippen LogP contribution in [0.3, 0.4) is 0 Å². The van der Waals surface area contributed by atoms with Crippen molar-refractivity contribution in [3.63, 3.8) is 0 Å². The Balaban J connectivity index is 2.18. The van der Waals surface area contributed by atoms with Gasteiger partial charge in [-0.25, -0.2) is 0 Å². The van der Waals surface area contributed by atoms with Gasteiger partial charge in [-0.15, -0.1) is 0 Å². The highest BCUT2D eigenvalue weighted by Gasteiger charge is 2.15. The Labute approximate surface area is 155 Å². The van der Waals surface area contributed by atoms with Gasteiger partial charge in [-0.05, 0) is 36.8 Å². The van der Waals surface area contributed by atoms with Gasteiger partial charge in [0.25, 0.3) is 0 Å². The fourth-order valence-electron chi connectivity index (χ4n) is 2.21. The molecule has 24 heavy (non-hydrogen) atoms. The molecular weight excluding hydrogens is 394 g/mol. The van der Waals surface area contributed by atoms with E-state index in [1.807, 2.05) is 36.4 Å². The number of aliphatic hydroxyl groups is 1. The molecule has 0 saturated carbocycles. The van der Waals surface area contributed by atoms with E-state index in [4.69, 9.17) is 21.1 Å². The molecule has 0 bridgehead atoms. The minimum Gasteiger partial charge on any atom is -0.493 e. The third kappa shape index (κ3) is 5.38. The molecule has 0 saturated heterocycles. The number of halogens is 2. The van der Waals surface area contributed by atoms with E-state index in [9.17, 15) is 5.11 Å². The highest BCUT2D eigenvalue weighted by Crippen LogP contribution is 2.36. The van der Waals surface area contributed by atoms with Crippen molar-refractivity contribution < 1.29 is 14.6 Å². The van der Waals surface area contributed by atoms with E-state index in [0.717, 1.165) is 15.6 Å². The summed E-state index contributed by atoms with van der Waals surface area (Å²) in [5.41, 5.74) is 1.97. The molecule has 1 unspecified atom stereocenters. The van der Waals surface area contributed by atoms with Crippen molar-refractivity contribution in [3.05, 3.63) is 57.0 Å². The third-order valence-corrected chi connectivity index (χ3v) is 4.42. The van der Waals surface area contributed by atoms with Gasteiger partial charge in [-0.2, -0.15) is 0 Å². The van der Waals surface area contributed by atoms with Crippen molar-refractivity contribution in [2.75, 3.05) is 13.7 Å². The monoisotopic (exact) mass is 413 g/mol. The molecule has 0 aliphatic rings. The van der Waals surface area contributed by atoms with Crippen molar-refractivity contribution in [2.45, 2.75) is 26.2 Å². The number of hydrogen-bond acceptors (Lipinski definition) is 4. The van der Waals surface area contributed by atoms with Crippen LogP contribution in [0.2, 0.25) is 5.02 Å². The molecule has 1 atom stereocenters. The number of methoxy groups -OCH3 is 1. The molecule has 0 radical (unpaired) electrons. The second kappa shape index (κ2) is 9.28. The maximum Gasteiger partial charge on any atom is 0.167 e. The largest absolute Gasteiger partial charge is 0.493 e. The SMILES string of the molecule is COc1ccc(Br)c(CNCC(C)O)c1OCc1ccc(Cl)cc1. The maximum atomic E-state index is 9.40. The molecule has 4 nitrogen and oxygen atoms in total. The summed E-state index contributed by atoms with van der Waals surface area (Å²) in [7, 11) is 1.62. The molecule has 0 fully saturated rings. The molecular formula is C18H21BrClNO3. The number of hydrogen-bond donors (Lipinski definition) is 2. The summed E-state index contributed by atoms with van der Waals surface area (Å²) in [5.74, 6) is 1.35. The number of rotatable bonds is 8. The van der Waals surface area contributed by atoms with Crippen molar-refractivity contribution in [3.8, 4) is 11.5 Å². The molecule has 2 aromatic carbocycles. The van der Waals surface area contributed by atoms with Gasteiger partial charge >= 0.3 is 0 Å². The fourth-order valence-corrected chi connectivity index (χ4v) is 2.79. The number of ether oxygens (including phenoxy) is 2. The Kier molecular flexibility index (Phi) is 7.37. The quantitative estimate of drug-likeness (QED) is 0.681. The van der Waals surface area contributed by atoms with E-state index in [1.165, 1.54) is 0 Å². The lowest BCUT2D eigenvalue weighted by molar-refractivity contribution is 0.190. The molecule has 0 aliphatic heterocycles. The molecule has 0 aliphatic carbocycles. The van der Waals surface area contributed by atoms with Crippen molar-refractivity contribution in [2.24, 2.45) is 0 Å². The summed E-state index contributed by atoms with van der Waals surface area (Å²) in [5, 5.41) is 13.3. The van der Waals surface area contributed by atoms with Gasteiger partial charge in [0.2, 0.25) is 0 Å². The zero-order chi connectivity index (χ0) is 17.5. The van der Waals surface area contributed by atoms with Crippen LogP contribution in [0.4, 0.5) is 0 Å². The Bertz CT molecular complexity index is 662. The fraction of sp³-hybridized carbons (Fsp3) is 0.333. The lowest BCUT2D eigenvalue weighted by atomic mass is 10.1. The minimum absolute atomic E-state index is 0.409. The molecule has 6 heteroatoms. The highest BCUT2D eigenvalue weighted by molar-refractivity contribution is 9.10. The van der Waals surface area contributed by atoms with Crippen LogP contribution in [0.5, 0.6) is 11.5 Å². The van der Waals surface area contributed by atoms with Gasteiger partial charge in [0.15, 0.2) is 11.5 Å². The third-order valence-electron chi connectivity index (χ3n) is 3.43. The summed E-state index contributed by atoms with van der Waals surface area (Å²) < 4.78 is 12.4. The first-order valence-electron chi connectivity index (χ1n) is 7.62. The van der Waals surface area contributed by atoms with Gasteiger partial charge in [0.1, 0.15) is 6.61 Å². The van der Waals surface area contributed by atoms with Crippen LogP contribution < -0.4 is 14.8 Å². The first-order chi connectivity index (χ1) is 11.5. The van der Waals surface area contributed by atoms with Crippen LogP contribution in [0, 0.1) is 0 Å². The Morgan fingerprint density at radius 1 is 1.21 bits per heavy atom. The Morgan fingerprint density at radius 3 is 2.54 bits per heavy atom. The molecule has 130 valence electrons. The van der Waals surface area contributed by atoms with Crippen LogP contribution >= 0.6 is 27.5 Å². The molecule has 0 spiro atoms. The lowest BCUT2D eigenvalue weighted by Gasteiger charge is -2.17. The summed E-state index contributed by atoms with van der Waals surface area (Å²) in [6.07, 6.45) is -0.409. The average molecular weight is 415 g/mol. The normalized spacial score (nSPS) is 12.0. The van der Waals surface area contributed by atoms with E-state index in [-0.39, 0.29) is 0 Å². The van der Waals surface area contributed by atoms with E-state index in [1.54, 1.807) is 14.0 Å². The zero-order valence-corrected chi connectivity index (χ0v) is 16.0. The van der Waals surface area contributed by atoms with Crippen LogP contribution in [-0.4, -0.2) is 24.9 Å². The summed E-state index contributed by atoms with van der Waals surface area (Å²) in [6.45, 7) is 3.21. The van der Waals surface area contributed by atoms with Crippen molar-refractivity contribution >= 4 is 27.5 Å². The Morgan fingerprint density at radius 2 is 1.92 bits per heavy atom. The van der Waals surface area contributed by atoms with Crippen molar-refractivity contribution in [1.82, 2.24) is 5.32 Å². The molecule has 0 aromatic heterocycles. The topological polar surface area (TPSA) is 50.7 Å². The van der Waals surface area contributed by atoms with Gasteiger partial charge in [0.05, 0.1) is 13.2 Å². The average Bonchev–Trinajstić information content (AvgIpc) is 2.56. The van der Waals surface area contributed by atoms with Gasteiger partial charge in [0, 0.05) is 28.1 Å². The predicted octanol–water partition coefficient (Wildman–Crippen LogP) is 4.16. The molecule has 2 aromatic rings. The smallest absolute Gasteiger partial charge is 0.167 e. The predicted molar refractivity (Wildman–Crippen MR) is 99.9 cm³/mol. The number of benzene rings is 2. The van der Waals surface area contributed by atoms with Gasteiger partial charge in [-0.3, -0.25) is 0 Å². The molecule has 2 N–H and O–H groups in total. The minimum atomic E-state index is -0.409. The highest BCUT2D eigenvalue weighted by atomic mass is 79.9. The van der Waals surface area contributed by atoms with Gasteiger partial charge < -0.3 is 19.9 Å². The first-order valence-corrected chi connectivity index (χ1v) is 8.79. The molecule has 0 amide bonds. The van der Waals surface area contributed by atoms with Crippen LogP contribution in [-0.2, 0) is 13.2 Å². The summed E-state index contributed by atoms with van der Waals surface area (Å²) in [4.78, 5) is 0. The zero-order valence-electron chi connectivity index (χ0n) is 13.7. The van der Waals surface area contributed by atoms with E-state index < -0.39 is 6.10 Å². The maximum absolute atomic E-state index is 9.40. The van der Waals surface area contributed by atoms with E-state index in [2.05, 4.69) is 21.2 Å². The van der Waals surface area contributed by atoms with Gasteiger partial charge in [-0.1, -0.05) is 39.7 Å². The number of nitrogens with one attached hydrogen (secondary N) is 1.